The van der Waals surface area contributed by atoms with Crippen LogP contribution in [0, 0.1) is 15.3 Å². The number of anilines is 1. The van der Waals surface area contributed by atoms with Gasteiger partial charge < -0.3 is 14.6 Å². The van der Waals surface area contributed by atoms with E-state index in [1.165, 1.54) is 30.5 Å². The van der Waals surface area contributed by atoms with Crippen molar-refractivity contribution in [2.75, 3.05) is 19.0 Å². The highest BCUT2D eigenvalue weighted by molar-refractivity contribution is 5.71. The van der Waals surface area contributed by atoms with Gasteiger partial charge in [0.05, 0.1) is 4.92 Å². The Hall–Kier alpha value is -3.75. The van der Waals surface area contributed by atoms with Crippen molar-refractivity contribution in [3.8, 4) is 11.4 Å². The number of nitro groups is 1. The first-order valence-corrected chi connectivity index (χ1v) is 7.61. The van der Waals surface area contributed by atoms with Gasteiger partial charge in [0.2, 0.25) is 17.7 Å². The van der Waals surface area contributed by atoms with Crippen molar-refractivity contribution in [1.82, 2.24) is 10.1 Å². The van der Waals surface area contributed by atoms with Gasteiger partial charge in [-0.15, -0.1) is 0 Å². The molecular weight excluding hydrogens is 338 g/mol. The maximum atomic E-state index is 12.2. The molecule has 0 atom stereocenters. The average molecular weight is 353 g/mol. The second-order valence-electron chi connectivity index (χ2n) is 5.63. The fourth-order valence-corrected chi connectivity index (χ4v) is 2.21. The second-order valence-corrected chi connectivity index (χ2v) is 5.63. The molecule has 0 spiro atoms. The second kappa shape index (κ2) is 7.01. The summed E-state index contributed by atoms with van der Waals surface area (Å²) in [7, 11) is 3.82. The van der Waals surface area contributed by atoms with Crippen LogP contribution in [0.1, 0.15) is 5.89 Å². The standard InChI is InChI=1S/C17H15N5O4/c1-20(2)13-7-9-14(10-8-13)21(23)11-16-18-17(19-26-16)12-3-5-15(6-4-12)22(24)25/h3-11H,1-2H3/b21-11-. The Balaban J connectivity index is 1.80. The van der Waals surface area contributed by atoms with Crippen molar-refractivity contribution < 1.29 is 14.2 Å². The van der Waals surface area contributed by atoms with Gasteiger partial charge in [-0.3, -0.25) is 10.1 Å². The van der Waals surface area contributed by atoms with Crippen molar-refractivity contribution in [3.05, 3.63) is 69.7 Å². The lowest BCUT2D eigenvalue weighted by Crippen LogP contribution is -2.08. The van der Waals surface area contributed by atoms with E-state index >= 15 is 0 Å². The Bertz CT molecular complexity index is 946. The lowest BCUT2D eigenvalue weighted by molar-refractivity contribution is -0.384. The Morgan fingerprint density at radius 1 is 1.00 bits per heavy atom. The summed E-state index contributed by atoms with van der Waals surface area (Å²) in [6.45, 7) is 0. The van der Waals surface area contributed by atoms with Gasteiger partial charge in [-0.25, -0.2) is 0 Å². The zero-order valence-corrected chi connectivity index (χ0v) is 14.1. The van der Waals surface area contributed by atoms with Gasteiger partial charge >= 0.3 is 5.89 Å². The quantitative estimate of drug-likeness (QED) is 0.228. The third-order valence-corrected chi connectivity index (χ3v) is 3.63. The molecule has 3 aromatic rings. The normalized spacial score (nSPS) is 11.4. The van der Waals surface area contributed by atoms with Gasteiger partial charge in [0, 0.05) is 49.6 Å². The molecule has 1 aromatic heterocycles. The molecule has 26 heavy (non-hydrogen) atoms. The molecule has 0 radical (unpaired) electrons. The Morgan fingerprint density at radius 3 is 2.19 bits per heavy atom. The maximum absolute atomic E-state index is 12.2. The van der Waals surface area contributed by atoms with E-state index in [4.69, 9.17) is 4.52 Å². The van der Waals surface area contributed by atoms with Gasteiger partial charge in [-0.2, -0.15) is 9.72 Å². The fraction of sp³-hybridized carbons (Fsp3) is 0.118. The lowest BCUT2D eigenvalue weighted by atomic mass is 10.2. The largest absolute Gasteiger partial charge is 0.618 e. The monoisotopic (exact) mass is 353 g/mol. The summed E-state index contributed by atoms with van der Waals surface area (Å²) in [5.74, 6) is 0.271. The molecule has 0 bridgehead atoms. The van der Waals surface area contributed by atoms with E-state index in [1.54, 1.807) is 12.1 Å². The van der Waals surface area contributed by atoms with Crippen LogP contribution in [0.3, 0.4) is 0 Å². The van der Waals surface area contributed by atoms with Crippen LogP contribution in [0.2, 0.25) is 0 Å². The molecule has 0 saturated heterocycles. The van der Waals surface area contributed by atoms with Crippen molar-refractivity contribution in [2.45, 2.75) is 0 Å². The van der Waals surface area contributed by atoms with Crippen molar-refractivity contribution in [2.24, 2.45) is 0 Å². The predicted molar refractivity (Wildman–Crippen MR) is 95.6 cm³/mol. The van der Waals surface area contributed by atoms with Crippen molar-refractivity contribution in [1.29, 1.82) is 0 Å². The topological polar surface area (TPSA) is 111 Å². The number of aromatic nitrogens is 2. The predicted octanol–water partition coefficient (Wildman–Crippen LogP) is 2.97. The molecule has 9 nitrogen and oxygen atoms in total. The molecule has 0 unspecified atom stereocenters. The summed E-state index contributed by atoms with van der Waals surface area (Å²) in [6.07, 6.45) is 1.17. The van der Waals surface area contributed by atoms with Crippen LogP contribution in [0.4, 0.5) is 17.1 Å². The van der Waals surface area contributed by atoms with Crippen LogP contribution in [-0.2, 0) is 0 Å². The van der Waals surface area contributed by atoms with Crippen LogP contribution in [0.5, 0.6) is 0 Å². The van der Waals surface area contributed by atoms with Gasteiger partial charge in [-0.1, -0.05) is 5.16 Å². The summed E-state index contributed by atoms with van der Waals surface area (Å²) >= 11 is 0. The van der Waals surface area contributed by atoms with Gasteiger partial charge in [0.1, 0.15) is 0 Å². The number of hydrogen-bond acceptors (Lipinski definition) is 7. The van der Waals surface area contributed by atoms with E-state index in [-0.39, 0.29) is 17.4 Å². The maximum Gasteiger partial charge on any atom is 0.316 e. The van der Waals surface area contributed by atoms with E-state index in [1.807, 2.05) is 31.1 Å². The molecular formula is C17H15N5O4. The van der Waals surface area contributed by atoms with Gasteiger partial charge in [0.25, 0.3) is 5.69 Å². The third kappa shape index (κ3) is 3.66. The number of hydrogen-bond donors (Lipinski definition) is 0. The minimum atomic E-state index is -0.490. The number of nitrogens with zero attached hydrogens (tertiary/aromatic N) is 5. The van der Waals surface area contributed by atoms with Crippen LogP contribution in [0.25, 0.3) is 11.4 Å². The molecule has 0 amide bonds. The van der Waals surface area contributed by atoms with E-state index in [2.05, 4.69) is 10.1 Å². The van der Waals surface area contributed by atoms with Gasteiger partial charge in [-0.05, 0) is 24.3 Å². The summed E-state index contributed by atoms with van der Waals surface area (Å²) in [5.41, 5.74) is 1.91. The number of rotatable bonds is 5. The van der Waals surface area contributed by atoms with E-state index in [9.17, 15) is 15.3 Å². The molecule has 0 aliphatic carbocycles. The molecule has 0 aliphatic rings. The number of benzene rings is 2. The lowest BCUT2D eigenvalue weighted by Gasteiger charge is -2.11. The zero-order valence-electron chi connectivity index (χ0n) is 14.1. The molecule has 9 heteroatoms. The minimum Gasteiger partial charge on any atom is -0.618 e. The van der Waals surface area contributed by atoms with E-state index in [0.29, 0.717) is 16.0 Å². The van der Waals surface area contributed by atoms with Crippen LogP contribution < -0.4 is 4.90 Å². The highest BCUT2D eigenvalue weighted by Crippen LogP contribution is 2.20. The van der Waals surface area contributed by atoms with Crippen molar-refractivity contribution in [3.63, 3.8) is 0 Å². The molecule has 3 rings (SSSR count). The molecule has 0 fully saturated rings. The molecule has 1 heterocycles. The first kappa shape index (κ1) is 17.1. The summed E-state index contributed by atoms with van der Waals surface area (Å²) in [6, 6.07) is 12.7. The Labute approximate surface area is 148 Å². The zero-order chi connectivity index (χ0) is 18.7. The van der Waals surface area contributed by atoms with E-state index in [0.717, 1.165) is 5.69 Å². The average Bonchev–Trinajstić information content (AvgIpc) is 3.10. The first-order valence-electron chi connectivity index (χ1n) is 7.61. The van der Waals surface area contributed by atoms with Crippen LogP contribution >= 0.6 is 0 Å². The molecule has 0 N–H and O–H groups in total. The highest BCUT2D eigenvalue weighted by atomic mass is 16.6. The van der Waals surface area contributed by atoms with Gasteiger partial charge in [0.15, 0.2) is 0 Å². The fourth-order valence-electron chi connectivity index (χ4n) is 2.21. The third-order valence-electron chi connectivity index (χ3n) is 3.63. The number of nitro benzene ring substituents is 1. The minimum absolute atomic E-state index is 0.0315. The van der Waals surface area contributed by atoms with Crippen LogP contribution in [0.15, 0.2) is 53.1 Å². The number of non-ortho nitro benzene ring substituents is 1. The van der Waals surface area contributed by atoms with E-state index < -0.39 is 4.92 Å². The smallest absolute Gasteiger partial charge is 0.316 e. The summed E-state index contributed by atoms with van der Waals surface area (Å²) < 4.78 is 5.68. The SMILES string of the molecule is CN(C)c1ccc(/[N+]([O-])=C/c2nc(-c3ccc([N+](=O)[O-])cc3)no2)cc1. The first-order chi connectivity index (χ1) is 12.4. The molecule has 0 saturated carbocycles. The summed E-state index contributed by atoms with van der Waals surface area (Å²) in [5, 5.41) is 26.7. The molecule has 0 aliphatic heterocycles. The Morgan fingerprint density at radius 2 is 1.62 bits per heavy atom. The van der Waals surface area contributed by atoms with Crippen molar-refractivity contribution >= 4 is 23.3 Å². The molecule has 132 valence electrons. The van der Waals surface area contributed by atoms with Crippen LogP contribution in [-0.4, -0.2) is 40.1 Å². The molecule has 2 aromatic carbocycles. The summed E-state index contributed by atoms with van der Waals surface area (Å²) in [4.78, 5) is 16.2. The highest BCUT2D eigenvalue weighted by Gasteiger charge is 2.12. The Kier molecular flexibility index (Phi) is 4.61.